The highest BCUT2D eigenvalue weighted by molar-refractivity contribution is 5.83. The molecule has 108 valence electrons. The van der Waals surface area contributed by atoms with Gasteiger partial charge in [0.2, 0.25) is 5.91 Å². The van der Waals surface area contributed by atoms with Crippen LogP contribution in [-0.2, 0) is 16.0 Å². The SMILES string of the molecule is O=C(CC1CCC1)N[C@H](Cc1ccc(O)cc1)C(=O)O. The summed E-state index contributed by atoms with van der Waals surface area (Å²) in [5.41, 5.74) is 0.763. The van der Waals surface area contributed by atoms with Crippen molar-refractivity contribution < 1.29 is 19.8 Å². The zero-order valence-electron chi connectivity index (χ0n) is 11.2. The van der Waals surface area contributed by atoms with Gasteiger partial charge in [-0.05, 0) is 36.5 Å². The van der Waals surface area contributed by atoms with Crippen LogP contribution >= 0.6 is 0 Å². The molecule has 1 aromatic rings. The van der Waals surface area contributed by atoms with Gasteiger partial charge in [0.1, 0.15) is 11.8 Å². The molecule has 5 heteroatoms. The number of rotatable bonds is 6. The third-order valence-electron chi connectivity index (χ3n) is 3.71. The fraction of sp³-hybridized carbons (Fsp3) is 0.467. The van der Waals surface area contributed by atoms with Gasteiger partial charge in [-0.25, -0.2) is 4.79 Å². The van der Waals surface area contributed by atoms with Gasteiger partial charge < -0.3 is 15.5 Å². The summed E-state index contributed by atoms with van der Waals surface area (Å²) < 4.78 is 0. The monoisotopic (exact) mass is 277 g/mol. The number of carboxylic acid groups (broad SMARTS) is 1. The number of amides is 1. The van der Waals surface area contributed by atoms with Gasteiger partial charge in [-0.3, -0.25) is 4.79 Å². The van der Waals surface area contributed by atoms with E-state index < -0.39 is 12.0 Å². The summed E-state index contributed by atoms with van der Waals surface area (Å²) in [6, 6.07) is 5.40. The molecule has 1 aliphatic carbocycles. The number of carbonyl (C=O) groups is 2. The van der Waals surface area contributed by atoms with Gasteiger partial charge in [0.25, 0.3) is 0 Å². The lowest BCUT2D eigenvalue weighted by atomic mass is 9.83. The normalized spacial score (nSPS) is 16.2. The van der Waals surface area contributed by atoms with Crippen LogP contribution < -0.4 is 5.32 Å². The first-order valence-corrected chi connectivity index (χ1v) is 6.84. The molecule has 0 spiro atoms. The summed E-state index contributed by atoms with van der Waals surface area (Å²) in [5, 5.41) is 20.9. The van der Waals surface area contributed by atoms with Crippen molar-refractivity contribution in [2.24, 2.45) is 5.92 Å². The smallest absolute Gasteiger partial charge is 0.326 e. The van der Waals surface area contributed by atoms with E-state index in [1.807, 2.05) is 0 Å². The van der Waals surface area contributed by atoms with E-state index in [1.54, 1.807) is 12.1 Å². The third-order valence-corrected chi connectivity index (χ3v) is 3.71. The van der Waals surface area contributed by atoms with E-state index in [2.05, 4.69) is 5.32 Å². The zero-order chi connectivity index (χ0) is 14.5. The Kier molecular flexibility index (Phi) is 4.61. The molecular formula is C15H19NO4. The van der Waals surface area contributed by atoms with Gasteiger partial charge in [0.05, 0.1) is 0 Å². The van der Waals surface area contributed by atoms with Crippen LogP contribution in [0.1, 0.15) is 31.2 Å². The number of hydrogen-bond acceptors (Lipinski definition) is 3. The van der Waals surface area contributed by atoms with Gasteiger partial charge in [-0.2, -0.15) is 0 Å². The lowest BCUT2D eigenvalue weighted by molar-refractivity contribution is -0.142. The molecule has 1 saturated carbocycles. The number of hydrogen-bond donors (Lipinski definition) is 3. The molecule has 0 unspecified atom stereocenters. The second-order valence-corrected chi connectivity index (χ2v) is 5.33. The molecule has 1 amide bonds. The van der Waals surface area contributed by atoms with Gasteiger partial charge >= 0.3 is 5.97 Å². The van der Waals surface area contributed by atoms with Crippen molar-refractivity contribution in [1.82, 2.24) is 5.32 Å². The van der Waals surface area contributed by atoms with Crippen LogP contribution in [0.5, 0.6) is 5.75 Å². The molecule has 0 saturated heterocycles. The van der Waals surface area contributed by atoms with E-state index in [1.165, 1.54) is 12.1 Å². The van der Waals surface area contributed by atoms with E-state index in [-0.39, 0.29) is 18.1 Å². The van der Waals surface area contributed by atoms with E-state index in [4.69, 9.17) is 0 Å². The predicted octanol–water partition coefficient (Wildman–Crippen LogP) is 1.69. The maximum absolute atomic E-state index is 11.8. The van der Waals surface area contributed by atoms with Crippen molar-refractivity contribution in [3.05, 3.63) is 29.8 Å². The number of carboxylic acids is 1. The summed E-state index contributed by atoms with van der Waals surface area (Å²) in [5.74, 6) is -0.686. The molecule has 1 aromatic carbocycles. The summed E-state index contributed by atoms with van der Waals surface area (Å²) in [6.07, 6.45) is 3.91. The minimum Gasteiger partial charge on any atom is -0.508 e. The van der Waals surface area contributed by atoms with Crippen molar-refractivity contribution in [2.45, 2.75) is 38.1 Å². The summed E-state index contributed by atoms with van der Waals surface area (Å²) in [6.45, 7) is 0. The van der Waals surface area contributed by atoms with Crippen LogP contribution in [0.4, 0.5) is 0 Å². The summed E-state index contributed by atoms with van der Waals surface area (Å²) in [7, 11) is 0. The Hall–Kier alpha value is -2.04. The first-order chi connectivity index (χ1) is 9.54. The number of carbonyl (C=O) groups excluding carboxylic acids is 1. The number of nitrogens with one attached hydrogen (secondary N) is 1. The van der Waals surface area contributed by atoms with Gasteiger partial charge in [0.15, 0.2) is 0 Å². The molecule has 0 bridgehead atoms. The average molecular weight is 277 g/mol. The molecular weight excluding hydrogens is 258 g/mol. The largest absolute Gasteiger partial charge is 0.508 e. The highest BCUT2D eigenvalue weighted by Gasteiger charge is 2.24. The second kappa shape index (κ2) is 6.41. The van der Waals surface area contributed by atoms with Crippen molar-refractivity contribution >= 4 is 11.9 Å². The number of phenols is 1. The highest BCUT2D eigenvalue weighted by atomic mass is 16.4. The van der Waals surface area contributed by atoms with Crippen molar-refractivity contribution in [2.75, 3.05) is 0 Å². The van der Waals surface area contributed by atoms with Crippen LogP contribution in [0.2, 0.25) is 0 Å². The third kappa shape index (κ3) is 3.98. The van der Waals surface area contributed by atoms with E-state index in [0.29, 0.717) is 12.3 Å². The maximum atomic E-state index is 11.8. The highest BCUT2D eigenvalue weighted by Crippen LogP contribution is 2.29. The first-order valence-electron chi connectivity index (χ1n) is 6.84. The molecule has 5 nitrogen and oxygen atoms in total. The Morgan fingerprint density at radius 3 is 2.40 bits per heavy atom. The molecule has 0 heterocycles. The van der Waals surface area contributed by atoms with E-state index in [0.717, 1.165) is 24.8 Å². The Balaban J connectivity index is 1.90. The molecule has 0 radical (unpaired) electrons. The van der Waals surface area contributed by atoms with Gasteiger partial charge in [0, 0.05) is 12.8 Å². The topological polar surface area (TPSA) is 86.6 Å². The molecule has 2 rings (SSSR count). The van der Waals surface area contributed by atoms with E-state index in [9.17, 15) is 19.8 Å². The Morgan fingerprint density at radius 1 is 1.25 bits per heavy atom. The molecule has 0 aromatic heterocycles. The van der Waals surface area contributed by atoms with Gasteiger partial charge in [-0.15, -0.1) is 0 Å². The van der Waals surface area contributed by atoms with Crippen LogP contribution in [0.3, 0.4) is 0 Å². The van der Waals surface area contributed by atoms with Gasteiger partial charge in [-0.1, -0.05) is 18.6 Å². The predicted molar refractivity (Wildman–Crippen MR) is 73.3 cm³/mol. The molecule has 3 N–H and O–H groups in total. The number of aromatic hydroxyl groups is 1. The van der Waals surface area contributed by atoms with Crippen molar-refractivity contribution in [3.63, 3.8) is 0 Å². The number of benzene rings is 1. The summed E-state index contributed by atoms with van der Waals surface area (Å²) in [4.78, 5) is 23.0. The van der Waals surface area contributed by atoms with E-state index >= 15 is 0 Å². The Bertz CT molecular complexity index is 479. The van der Waals surface area contributed by atoms with Crippen LogP contribution in [0.15, 0.2) is 24.3 Å². The Morgan fingerprint density at radius 2 is 1.90 bits per heavy atom. The average Bonchev–Trinajstić information content (AvgIpc) is 2.35. The first kappa shape index (κ1) is 14.4. The Labute approximate surface area is 117 Å². The lowest BCUT2D eigenvalue weighted by Crippen LogP contribution is -2.43. The molecule has 20 heavy (non-hydrogen) atoms. The minimum absolute atomic E-state index is 0.134. The number of phenolic OH excluding ortho intramolecular Hbond substituents is 1. The number of aliphatic carboxylic acids is 1. The van der Waals surface area contributed by atoms with Crippen LogP contribution in [-0.4, -0.2) is 28.1 Å². The molecule has 0 aliphatic heterocycles. The molecule has 1 fully saturated rings. The second-order valence-electron chi connectivity index (χ2n) is 5.33. The van der Waals surface area contributed by atoms with Crippen molar-refractivity contribution in [1.29, 1.82) is 0 Å². The molecule has 1 atom stereocenters. The standard InChI is InChI=1S/C15H19NO4/c17-12-6-4-11(5-7-12)8-13(15(19)20)16-14(18)9-10-2-1-3-10/h4-7,10,13,17H,1-3,8-9H2,(H,16,18)(H,19,20)/t13-/m1/s1. The minimum atomic E-state index is -1.04. The van der Waals surface area contributed by atoms with Crippen LogP contribution in [0.25, 0.3) is 0 Å². The fourth-order valence-corrected chi connectivity index (χ4v) is 2.28. The van der Waals surface area contributed by atoms with Crippen LogP contribution in [0, 0.1) is 5.92 Å². The lowest BCUT2D eigenvalue weighted by Gasteiger charge is -2.25. The summed E-state index contributed by atoms with van der Waals surface area (Å²) >= 11 is 0. The maximum Gasteiger partial charge on any atom is 0.326 e. The quantitative estimate of drug-likeness (QED) is 0.738. The fourth-order valence-electron chi connectivity index (χ4n) is 2.28. The molecule has 1 aliphatic rings. The van der Waals surface area contributed by atoms with Crippen molar-refractivity contribution in [3.8, 4) is 5.75 Å². The zero-order valence-corrected chi connectivity index (χ0v) is 11.2.